The average Bonchev–Trinajstić information content (AvgIpc) is 2.24. The molecule has 0 aliphatic rings. The lowest BCUT2D eigenvalue weighted by Crippen LogP contribution is -2.55. The van der Waals surface area contributed by atoms with E-state index in [-0.39, 0.29) is 24.1 Å². The summed E-state index contributed by atoms with van der Waals surface area (Å²) in [4.78, 5) is 13.2. The summed E-state index contributed by atoms with van der Waals surface area (Å²) in [6.45, 7) is 5.92. The number of rotatable bonds is 6. The highest BCUT2D eigenvalue weighted by Gasteiger charge is 2.29. The molecule has 0 heterocycles. The van der Waals surface area contributed by atoms with Gasteiger partial charge in [0.15, 0.2) is 0 Å². The predicted octanol–water partition coefficient (Wildman–Crippen LogP) is 0.604. The van der Waals surface area contributed by atoms with E-state index >= 15 is 0 Å². The van der Waals surface area contributed by atoms with Crippen molar-refractivity contribution < 1.29 is 9.90 Å². The minimum atomic E-state index is -0.328. The van der Waals surface area contributed by atoms with E-state index in [9.17, 15) is 9.90 Å². The number of aliphatic hydroxyl groups excluding tert-OH is 1. The van der Waals surface area contributed by atoms with Crippen LogP contribution in [0.15, 0.2) is 0 Å². The average molecular weight is 216 g/mol. The summed E-state index contributed by atoms with van der Waals surface area (Å²) < 4.78 is 0. The maximum atomic E-state index is 11.7. The zero-order chi connectivity index (χ0) is 12.1. The Morgan fingerprint density at radius 3 is 2.13 bits per heavy atom. The molecule has 15 heavy (non-hydrogen) atoms. The molecule has 0 aromatic heterocycles. The van der Waals surface area contributed by atoms with Crippen LogP contribution < -0.4 is 5.32 Å². The Morgan fingerprint density at radius 2 is 1.87 bits per heavy atom. The molecule has 0 saturated carbocycles. The van der Waals surface area contributed by atoms with Crippen LogP contribution >= 0.6 is 0 Å². The smallest absolute Gasteiger partial charge is 0.238 e. The summed E-state index contributed by atoms with van der Waals surface area (Å²) in [5.74, 6) is 0.0368. The van der Waals surface area contributed by atoms with Crippen LogP contribution in [0.5, 0.6) is 0 Å². The zero-order valence-corrected chi connectivity index (χ0v) is 10.5. The molecule has 0 aromatic carbocycles. The molecule has 0 rings (SSSR count). The standard InChI is InChI=1S/C11H24N2O2/c1-6-11(7-2,8-14)12-9(3)10(15)13(4)5/h9,12,14H,6-8H2,1-5H3. The van der Waals surface area contributed by atoms with Gasteiger partial charge in [-0.05, 0) is 19.8 Å². The third-order valence-corrected chi connectivity index (χ3v) is 2.99. The first-order valence-electron chi connectivity index (χ1n) is 5.52. The molecule has 0 aliphatic carbocycles. The summed E-state index contributed by atoms with van der Waals surface area (Å²) in [5.41, 5.74) is -0.328. The van der Waals surface area contributed by atoms with Gasteiger partial charge in [0, 0.05) is 19.6 Å². The van der Waals surface area contributed by atoms with Gasteiger partial charge in [-0.2, -0.15) is 0 Å². The van der Waals surface area contributed by atoms with Gasteiger partial charge in [0.05, 0.1) is 12.6 Å². The fourth-order valence-corrected chi connectivity index (χ4v) is 1.63. The Bertz CT molecular complexity index is 192. The molecule has 1 atom stereocenters. The number of carbonyl (C=O) groups is 1. The fourth-order valence-electron chi connectivity index (χ4n) is 1.63. The van der Waals surface area contributed by atoms with E-state index in [0.717, 1.165) is 12.8 Å². The summed E-state index contributed by atoms with van der Waals surface area (Å²) in [7, 11) is 3.47. The highest BCUT2D eigenvalue weighted by Crippen LogP contribution is 2.15. The fraction of sp³-hybridized carbons (Fsp3) is 0.909. The van der Waals surface area contributed by atoms with Crippen LogP contribution in [0.3, 0.4) is 0 Å². The van der Waals surface area contributed by atoms with Gasteiger partial charge in [-0.25, -0.2) is 0 Å². The van der Waals surface area contributed by atoms with E-state index < -0.39 is 0 Å². The summed E-state index contributed by atoms with van der Waals surface area (Å²) >= 11 is 0. The number of carbonyl (C=O) groups excluding carboxylic acids is 1. The van der Waals surface area contributed by atoms with Crippen molar-refractivity contribution >= 4 is 5.91 Å². The molecule has 1 amide bonds. The van der Waals surface area contributed by atoms with Gasteiger partial charge in [-0.3, -0.25) is 10.1 Å². The molecule has 0 spiro atoms. The predicted molar refractivity (Wildman–Crippen MR) is 61.7 cm³/mol. The van der Waals surface area contributed by atoms with Crippen molar-refractivity contribution in [2.24, 2.45) is 0 Å². The van der Waals surface area contributed by atoms with Crippen LogP contribution in [0, 0.1) is 0 Å². The number of amides is 1. The van der Waals surface area contributed by atoms with Crippen molar-refractivity contribution in [2.75, 3.05) is 20.7 Å². The minimum absolute atomic E-state index is 0.0368. The quantitative estimate of drug-likeness (QED) is 0.684. The molecule has 1 unspecified atom stereocenters. The highest BCUT2D eigenvalue weighted by atomic mass is 16.3. The first kappa shape index (κ1) is 14.4. The van der Waals surface area contributed by atoms with Crippen LogP contribution in [0.4, 0.5) is 0 Å². The Kier molecular flexibility index (Phi) is 5.83. The number of nitrogens with one attached hydrogen (secondary N) is 1. The SMILES string of the molecule is CCC(CC)(CO)NC(C)C(=O)N(C)C. The van der Waals surface area contributed by atoms with Crippen LogP contribution in [0.1, 0.15) is 33.6 Å². The maximum Gasteiger partial charge on any atom is 0.238 e. The number of nitrogens with zero attached hydrogens (tertiary/aromatic N) is 1. The van der Waals surface area contributed by atoms with E-state index in [1.807, 2.05) is 20.8 Å². The third-order valence-electron chi connectivity index (χ3n) is 2.99. The van der Waals surface area contributed by atoms with E-state index in [1.54, 1.807) is 19.0 Å². The second-order valence-corrected chi connectivity index (χ2v) is 4.24. The van der Waals surface area contributed by atoms with E-state index in [2.05, 4.69) is 5.32 Å². The van der Waals surface area contributed by atoms with Crippen molar-refractivity contribution in [3.63, 3.8) is 0 Å². The van der Waals surface area contributed by atoms with Gasteiger partial charge in [0.2, 0.25) is 5.91 Å². The molecular weight excluding hydrogens is 192 g/mol. The van der Waals surface area contributed by atoms with Crippen molar-refractivity contribution in [1.82, 2.24) is 10.2 Å². The topological polar surface area (TPSA) is 52.6 Å². The van der Waals surface area contributed by atoms with Gasteiger partial charge in [-0.1, -0.05) is 13.8 Å². The molecule has 0 saturated heterocycles. The number of hydrogen-bond donors (Lipinski definition) is 2. The van der Waals surface area contributed by atoms with Gasteiger partial charge in [-0.15, -0.1) is 0 Å². The first-order valence-corrected chi connectivity index (χ1v) is 5.52. The molecule has 0 aliphatic heterocycles. The van der Waals surface area contributed by atoms with E-state index in [1.165, 1.54) is 0 Å². The lowest BCUT2D eigenvalue weighted by atomic mass is 9.93. The highest BCUT2D eigenvalue weighted by molar-refractivity contribution is 5.81. The largest absolute Gasteiger partial charge is 0.394 e. The van der Waals surface area contributed by atoms with Gasteiger partial charge in [0.1, 0.15) is 0 Å². The molecular formula is C11H24N2O2. The maximum absolute atomic E-state index is 11.7. The van der Waals surface area contributed by atoms with Crippen LogP contribution in [0.2, 0.25) is 0 Å². The summed E-state index contributed by atoms with van der Waals surface area (Å²) in [5, 5.41) is 12.6. The van der Waals surface area contributed by atoms with Crippen molar-refractivity contribution in [3.8, 4) is 0 Å². The lowest BCUT2D eigenvalue weighted by Gasteiger charge is -2.34. The molecule has 90 valence electrons. The second-order valence-electron chi connectivity index (χ2n) is 4.24. The molecule has 0 radical (unpaired) electrons. The number of aliphatic hydroxyl groups is 1. The van der Waals surface area contributed by atoms with Gasteiger partial charge >= 0.3 is 0 Å². The lowest BCUT2D eigenvalue weighted by molar-refractivity contribution is -0.131. The third kappa shape index (κ3) is 3.80. The zero-order valence-electron chi connectivity index (χ0n) is 10.5. The van der Waals surface area contributed by atoms with Crippen molar-refractivity contribution in [3.05, 3.63) is 0 Å². The molecule has 0 bridgehead atoms. The number of hydrogen-bond acceptors (Lipinski definition) is 3. The van der Waals surface area contributed by atoms with Gasteiger partial charge < -0.3 is 10.0 Å². The van der Waals surface area contributed by atoms with E-state index in [4.69, 9.17) is 0 Å². The molecule has 4 nitrogen and oxygen atoms in total. The van der Waals surface area contributed by atoms with Gasteiger partial charge in [0.25, 0.3) is 0 Å². The Labute approximate surface area is 92.7 Å². The molecule has 0 fully saturated rings. The summed E-state index contributed by atoms with van der Waals surface area (Å²) in [6.07, 6.45) is 1.62. The normalized spacial score (nSPS) is 13.7. The second kappa shape index (κ2) is 6.08. The van der Waals surface area contributed by atoms with Crippen LogP contribution in [-0.2, 0) is 4.79 Å². The number of likely N-dealkylation sites (N-methyl/N-ethyl adjacent to an activating group) is 1. The Hall–Kier alpha value is -0.610. The van der Waals surface area contributed by atoms with E-state index in [0.29, 0.717) is 0 Å². The first-order chi connectivity index (χ1) is 6.92. The minimum Gasteiger partial charge on any atom is -0.394 e. The van der Waals surface area contributed by atoms with Crippen molar-refractivity contribution in [2.45, 2.75) is 45.2 Å². The van der Waals surface area contributed by atoms with Crippen molar-refractivity contribution in [1.29, 1.82) is 0 Å². The monoisotopic (exact) mass is 216 g/mol. The molecule has 4 heteroatoms. The molecule has 2 N–H and O–H groups in total. The Balaban J connectivity index is 4.48. The molecule has 0 aromatic rings. The van der Waals surface area contributed by atoms with Crippen LogP contribution in [0.25, 0.3) is 0 Å². The Morgan fingerprint density at radius 1 is 1.40 bits per heavy atom. The summed E-state index contributed by atoms with van der Waals surface area (Å²) in [6, 6.07) is -0.257. The van der Waals surface area contributed by atoms with Crippen LogP contribution in [-0.4, -0.2) is 48.2 Å².